The molecule has 1 aliphatic carbocycles. The third kappa shape index (κ3) is 2.29. The molecular formula is C13H22BrN3. The minimum atomic E-state index is 0.454. The van der Waals surface area contributed by atoms with Gasteiger partial charge in [0.05, 0.1) is 15.9 Å². The van der Waals surface area contributed by atoms with E-state index in [0.29, 0.717) is 11.5 Å². The van der Waals surface area contributed by atoms with Gasteiger partial charge in [0.15, 0.2) is 0 Å². The molecule has 0 radical (unpaired) electrons. The molecule has 0 saturated heterocycles. The first-order valence-electron chi connectivity index (χ1n) is 6.41. The number of rotatable bonds is 5. The summed E-state index contributed by atoms with van der Waals surface area (Å²) in [5.41, 5.74) is 2.98. The third-order valence-corrected chi connectivity index (χ3v) is 5.18. The largest absolute Gasteiger partial charge is 0.317 e. The molecule has 1 unspecified atom stereocenters. The first-order valence-corrected chi connectivity index (χ1v) is 7.21. The smallest absolute Gasteiger partial charge is 0.0766 e. The van der Waals surface area contributed by atoms with Gasteiger partial charge in [0, 0.05) is 13.1 Å². The molecule has 3 nitrogen and oxygen atoms in total. The number of nitrogens with one attached hydrogen (secondary N) is 1. The Hall–Kier alpha value is -0.350. The molecule has 1 atom stereocenters. The van der Waals surface area contributed by atoms with Gasteiger partial charge in [0.25, 0.3) is 0 Å². The molecule has 1 N–H and O–H groups in total. The lowest BCUT2D eigenvalue weighted by atomic mass is 9.92. The van der Waals surface area contributed by atoms with Crippen LogP contribution in [0, 0.1) is 5.41 Å². The number of hydrogen-bond donors (Lipinski definition) is 1. The molecule has 0 bridgehead atoms. The number of aromatic nitrogens is 2. The Morgan fingerprint density at radius 2 is 2.18 bits per heavy atom. The summed E-state index contributed by atoms with van der Waals surface area (Å²) < 4.78 is 3.27. The van der Waals surface area contributed by atoms with Crippen molar-refractivity contribution in [2.24, 2.45) is 12.5 Å². The van der Waals surface area contributed by atoms with E-state index in [0.717, 1.165) is 12.8 Å². The molecule has 1 aromatic heterocycles. The second-order valence-electron chi connectivity index (χ2n) is 5.23. The van der Waals surface area contributed by atoms with Crippen molar-refractivity contribution in [3.05, 3.63) is 15.9 Å². The van der Waals surface area contributed by atoms with Crippen LogP contribution < -0.4 is 5.32 Å². The summed E-state index contributed by atoms with van der Waals surface area (Å²) in [7, 11) is 4.11. The van der Waals surface area contributed by atoms with Crippen LogP contribution in [0.4, 0.5) is 0 Å². The van der Waals surface area contributed by atoms with Gasteiger partial charge >= 0.3 is 0 Å². The van der Waals surface area contributed by atoms with Crippen molar-refractivity contribution >= 4 is 15.9 Å². The normalized spacial score (nSPS) is 19.4. The Bertz CT molecular complexity index is 407. The van der Waals surface area contributed by atoms with Gasteiger partial charge in [0.1, 0.15) is 0 Å². The van der Waals surface area contributed by atoms with Crippen LogP contribution in [0.25, 0.3) is 0 Å². The van der Waals surface area contributed by atoms with E-state index >= 15 is 0 Å². The van der Waals surface area contributed by atoms with E-state index < -0.39 is 0 Å². The molecule has 0 aromatic carbocycles. The molecule has 1 fully saturated rings. The van der Waals surface area contributed by atoms with Gasteiger partial charge in [-0.05, 0) is 61.0 Å². The minimum Gasteiger partial charge on any atom is -0.317 e. The van der Waals surface area contributed by atoms with Gasteiger partial charge in [-0.2, -0.15) is 5.10 Å². The number of aryl methyl sites for hydroxylation is 2. The summed E-state index contributed by atoms with van der Waals surface area (Å²) >= 11 is 3.71. The Balaban J connectivity index is 2.22. The zero-order valence-electron chi connectivity index (χ0n) is 11.2. The first-order chi connectivity index (χ1) is 8.04. The zero-order valence-corrected chi connectivity index (χ0v) is 12.8. The van der Waals surface area contributed by atoms with Crippen LogP contribution in [0.5, 0.6) is 0 Å². The minimum absolute atomic E-state index is 0.454. The molecular weight excluding hydrogens is 278 g/mol. The molecule has 1 saturated carbocycles. The van der Waals surface area contributed by atoms with Crippen LogP contribution in [0.3, 0.4) is 0 Å². The summed E-state index contributed by atoms with van der Waals surface area (Å²) in [5.74, 6) is 0. The van der Waals surface area contributed by atoms with Crippen molar-refractivity contribution in [3.8, 4) is 0 Å². The van der Waals surface area contributed by atoms with E-state index in [2.05, 4.69) is 54.3 Å². The number of hydrogen-bond acceptors (Lipinski definition) is 2. The van der Waals surface area contributed by atoms with Crippen molar-refractivity contribution in [3.63, 3.8) is 0 Å². The van der Waals surface area contributed by atoms with Gasteiger partial charge in [0.2, 0.25) is 0 Å². The van der Waals surface area contributed by atoms with Crippen LogP contribution in [-0.4, -0.2) is 22.9 Å². The quantitative estimate of drug-likeness (QED) is 0.906. The zero-order chi connectivity index (χ0) is 12.6. The summed E-state index contributed by atoms with van der Waals surface area (Å²) in [6.45, 7) is 4.44. The highest BCUT2D eigenvalue weighted by atomic mass is 79.9. The van der Waals surface area contributed by atoms with E-state index in [1.807, 2.05) is 4.68 Å². The Morgan fingerprint density at radius 3 is 2.59 bits per heavy atom. The highest BCUT2D eigenvalue weighted by Gasteiger charge is 2.47. The van der Waals surface area contributed by atoms with E-state index in [1.54, 1.807) is 0 Å². The summed E-state index contributed by atoms with van der Waals surface area (Å²) in [6, 6.07) is 0.578. The Morgan fingerprint density at radius 1 is 1.53 bits per heavy atom. The standard InChI is InChI=1S/C13H22BrN3/c1-5-10-12(14)11(17(4)16-10)8-13(6-7-13)9(2)15-3/h9,15H,5-8H2,1-4H3. The average Bonchev–Trinajstić information content (AvgIpc) is 3.06. The van der Waals surface area contributed by atoms with Crippen LogP contribution in [-0.2, 0) is 19.9 Å². The molecule has 1 heterocycles. The summed E-state index contributed by atoms with van der Waals surface area (Å²) in [5, 5.41) is 7.98. The lowest BCUT2D eigenvalue weighted by Crippen LogP contribution is -2.33. The van der Waals surface area contributed by atoms with Gasteiger partial charge in [-0.1, -0.05) is 6.92 Å². The predicted molar refractivity (Wildman–Crippen MR) is 74.2 cm³/mol. The maximum absolute atomic E-state index is 4.58. The van der Waals surface area contributed by atoms with E-state index in [9.17, 15) is 0 Å². The fourth-order valence-electron chi connectivity index (χ4n) is 2.57. The van der Waals surface area contributed by atoms with E-state index in [4.69, 9.17) is 0 Å². The number of nitrogens with zero attached hydrogens (tertiary/aromatic N) is 2. The Kier molecular flexibility index (Phi) is 3.64. The lowest BCUT2D eigenvalue weighted by molar-refractivity contribution is 0.361. The molecule has 2 rings (SSSR count). The van der Waals surface area contributed by atoms with Crippen molar-refractivity contribution in [2.45, 2.75) is 45.6 Å². The molecule has 96 valence electrons. The average molecular weight is 300 g/mol. The van der Waals surface area contributed by atoms with Crippen LogP contribution in [0.1, 0.15) is 38.1 Å². The van der Waals surface area contributed by atoms with E-state index in [1.165, 1.54) is 28.7 Å². The van der Waals surface area contributed by atoms with Crippen LogP contribution in [0.2, 0.25) is 0 Å². The van der Waals surface area contributed by atoms with Gasteiger partial charge < -0.3 is 5.32 Å². The monoisotopic (exact) mass is 299 g/mol. The fourth-order valence-corrected chi connectivity index (χ4v) is 3.33. The van der Waals surface area contributed by atoms with Crippen molar-refractivity contribution in [1.29, 1.82) is 0 Å². The van der Waals surface area contributed by atoms with Crippen molar-refractivity contribution in [1.82, 2.24) is 15.1 Å². The number of halogens is 1. The molecule has 1 aromatic rings. The lowest BCUT2D eigenvalue weighted by Gasteiger charge is -2.23. The van der Waals surface area contributed by atoms with Crippen molar-refractivity contribution in [2.75, 3.05) is 7.05 Å². The summed E-state index contributed by atoms with van der Waals surface area (Å²) in [6.07, 6.45) is 4.77. The highest BCUT2D eigenvalue weighted by molar-refractivity contribution is 9.10. The SMILES string of the molecule is CCc1nn(C)c(CC2(C(C)NC)CC2)c1Br. The molecule has 0 amide bonds. The van der Waals surface area contributed by atoms with E-state index in [-0.39, 0.29) is 0 Å². The highest BCUT2D eigenvalue weighted by Crippen LogP contribution is 2.51. The maximum atomic E-state index is 4.58. The van der Waals surface area contributed by atoms with Crippen LogP contribution in [0.15, 0.2) is 4.47 Å². The maximum Gasteiger partial charge on any atom is 0.0766 e. The van der Waals surface area contributed by atoms with Gasteiger partial charge in [-0.15, -0.1) is 0 Å². The third-order valence-electron chi connectivity index (χ3n) is 4.27. The molecule has 1 aliphatic rings. The topological polar surface area (TPSA) is 29.9 Å². The molecule has 0 aliphatic heterocycles. The van der Waals surface area contributed by atoms with Gasteiger partial charge in [-0.25, -0.2) is 0 Å². The molecule has 0 spiro atoms. The second kappa shape index (κ2) is 4.73. The fraction of sp³-hybridized carbons (Fsp3) is 0.769. The molecule has 4 heteroatoms. The Labute approximate surface area is 112 Å². The van der Waals surface area contributed by atoms with Crippen molar-refractivity contribution < 1.29 is 0 Å². The summed E-state index contributed by atoms with van der Waals surface area (Å²) in [4.78, 5) is 0. The molecule has 17 heavy (non-hydrogen) atoms. The predicted octanol–water partition coefficient (Wildman–Crippen LogP) is 2.68. The van der Waals surface area contributed by atoms with Crippen LogP contribution >= 0.6 is 15.9 Å². The second-order valence-corrected chi connectivity index (χ2v) is 6.03. The first kappa shape index (κ1) is 13.1. The van der Waals surface area contributed by atoms with Gasteiger partial charge in [-0.3, -0.25) is 4.68 Å².